The van der Waals surface area contributed by atoms with E-state index in [-0.39, 0.29) is 5.92 Å². The van der Waals surface area contributed by atoms with Crippen molar-refractivity contribution in [3.8, 4) is 0 Å². The third-order valence-electron chi connectivity index (χ3n) is 1.43. The van der Waals surface area contributed by atoms with E-state index in [0.29, 0.717) is 11.1 Å². The fourth-order valence-electron chi connectivity index (χ4n) is 0.285. The summed E-state index contributed by atoms with van der Waals surface area (Å²) in [5.41, 5.74) is 10.5. The van der Waals surface area contributed by atoms with Crippen molar-refractivity contribution in [1.29, 1.82) is 0 Å². The lowest BCUT2D eigenvalue weighted by Gasteiger charge is -2.01. The van der Waals surface area contributed by atoms with Crippen molar-refractivity contribution >= 4 is 11.8 Å². The van der Waals surface area contributed by atoms with E-state index in [2.05, 4.69) is 13.2 Å². The molecule has 0 rings (SSSR count). The van der Waals surface area contributed by atoms with Gasteiger partial charge in [-0.05, 0) is 12.8 Å². The van der Waals surface area contributed by atoms with Gasteiger partial charge in [0.2, 0.25) is 11.8 Å². The highest BCUT2D eigenvalue weighted by Crippen LogP contribution is 2.03. The van der Waals surface area contributed by atoms with Crippen molar-refractivity contribution in [3.63, 3.8) is 0 Å². The normalized spacial score (nSPS) is 8.57. The minimum atomic E-state index is -0.435. The van der Waals surface area contributed by atoms with Crippen LogP contribution in [-0.4, -0.2) is 11.8 Å². The Hall–Kier alpha value is -1.58. The van der Waals surface area contributed by atoms with Crippen LogP contribution in [-0.2, 0) is 9.59 Å². The van der Waals surface area contributed by atoms with Crippen LogP contribution in [0.4, 0.5) is 0 Å². The lowest BCUT2D eigenvalue weighted by Crippen LogP contribution is -2.16. The number of rotatable bonds is 3. The van der Waals surface area contributed by atoms with Gasteiger partial charge in [-0.15, -0.1) is 0 Å². The van der Waals surface area contributed by atoms with Crippen LogP contribution in [0.2, 0.25) is 0 Å². The van der Waals surface area contributed by atoms with Crippen molar-refractivity contribution in [2.45, 2.75) is 20.8 Å². The summed E-state index contributed by atoms with van der Waals surface area (Å²) in [6, 6.07) is 0. The molecular weight excluding hydrogens is 180 g/mol. The largest absolute Gasteiger partial charge is 0.366 e. The van der Waals surface area contributed by atoms with Gasteiger partial charge in [-0.2, -0.15) is 0 Å². The third-order valence-corrected chi connectivity index (χ3v) is 1.43. The number of carbonyl (C=O) groups excluding carboxylic acids is 2. The number of amides is 2. The maximum Gasteiger partial charge on any atom is 0.244 e. The van der Waals surface area contributed by atoms with E-state index in [9.17, 15) is 9.59 Å². The van der Waals surface area contributed by atoms with E-state index >= 15 is 0 Å². The van der Waals surface area contributed by atoms with Crippen LogP contribution in [0, 0.1) is 5.92 Å². The summed E-state index contributed by atoms with van der Waals surface area (Å²) in [6.07, 6.45) is 0. The van der Waals surface area contributed by atoms with Crippen molar-refractivity contribution < 1.29 is 9.59 Å². The third kappa shape index (κ3) is 8.52. The fourth-order valence-corrected chi connectivity index (χ4v) is 0.285. The Balaban J connectivity index is 0. The lowest BCUT2D eigenvalue weighted by atomic mass is 10.1. The monoisotopic (exact) mass is 198 g/mol. The highest BCUT2D eigenvalue weighted by Gasteiger charge is 2.03. The average molecular weight is 198 g/mol. The Kier molecular flexibility index (Phi) is 7.34. The minimum absolute atomic E-state index is 0.174. The molecular formula is C10H18N2O2. The van der Waals surface area contributed by atoms with Gasteiger partial charge in [0.1, 0.15) is 0 Å². The molecule has 0 aliphatic carbocycles. The summed E-state index contributed by atoms with van der Waals surface area (Å²) in [4.78, 5) is 20.1. The number of primary amides is 2. The van der Waals surface area contributed by atoms with Crippen LogP contribution in [0.1, 0.15) is 20.8 Å². The highest BCUT2D eigenvalue weighted by molar-refractivity contribution is 5.91. The molecule has 0 radical (unpaired) electrons. The summed E-state index contributed by atoms with van der Waals surface area (Å²) < 4.78 is 0. The average Bonchev–Trinajstić information content (AvgIpc) is 2.03. The standard InChI is InChI=1S/C6H11NO.C4H7NO/c1-4(2)5(3)6(7)8;1-3(2)4(5)6/h4H,3H2,1-2H3,(H2,7,8);1H2,2H3,(H2,5,6). The predicted octanol–water partition coefficient (Wildman–Crippen LogP) is 0.732. The molecule has 0 fully saturated rings. The van der Waals surface area contributed by atoms with E-state index in [1.165, 1.54) is 0 Å². The molecule has 0 unspecified atom stereocenters. The molecule has 0 aromatic heterocycles. The van der Waals surface area contributed by atoms with Crippen LogP contribution < -0.4 is 11.5 Å². The van der Waals surface area contributed by atoms with Gasteiger partial charge in [-0.1, -0.05) is 27.0 Å². The molecule has 0 saturated carbocycles. The van der Waals surface area contributed by atoms with Gasteiger partial charge in [0.05, 0.1) is 0 Å². The minimum Gasteiger partial charge on any atom is -0.366 e. The first kappa shape index (κ1) is 14.9. The van der Waals surface area contributed by atoms with Crippen LogP contribution in [0.15, 0.2) is 24.3 Å². The Bertz CT molecular complexity index is 243. The molecule has 0 aromatic carbocycles. The van der Waals surface area contributed by atoms with Gasteiger partial charge in [0, 0.05) is 11.1 Å². The zero-order valence-electron chi connectivity index (χ0n) is 8.96. The van der Waals surface area contributed by atoms with Gasteiger partial charge < -0.3 is 11.5 Å². The maximum absolute atomic E-state index is 10.3. The Morgan fingerprint density at radius 2 is 1.36 bits per heavy atom. The molecule has 0 atom stereocenters. The Labute approximate surface area is 84.7 Å². The number of hydrogen-bond acceptors (Lipinski definition) is 2. The van der Waals surface area contributed by atoms with Crippen molar-refractivity contribution in [2.24, 2.45) is 17.4 Å². The highest BCUT2D eigenvalue weighted by atomic mass is 16.1. The van der Waals surface area contributed by atoms with Crippen LogP contribution in [0.25, 0.3) is 0 Å². The molecule has 4 nitrogen and oxygen atoms in total. The van der Waals surface area contributed by atoms with Gasteiger partial charge in [-0.3, -0.25) is 9.59 Å². The zero-order chi connectivity index (χ0) is 11.9. The molecule has 0 aliphatic rings. The fraction of sp³-hybridized carbons (Fsp3) is 0.400. The summed E-state index contributed by atoms with van der Waals surface area (Å²) in [5.74, 6) is -0.664. The van der Waals surface area contributed by atoms with Crippen molar-refractivity contribution in [2.75, 3.05) is 0 Å². The molecule has 80 valence electrons. The summed E-state index contributed by atoms with van der Waals surface area (Å²) in [7, 11) is 0. The summed E-state index contributed by atoms with van der Waals surface area (Å²) >= 11 is 0. The Morgan fingerprint density at radius 3 is 1.36 bits per heavy atom. The van der Waals surface area contributed by atoms with E-state index in [0.717, 1.165) is 0 Å². The molecule has 0 aromatic rings. The second-order valence-corrected chi connectivity index (χ2v) is 3.19. The van der Waals surface area contributed by atoms with Gasteiger partial charge in [-0.25, -0.2) is 0 Å². The van der Waals surface area contributed by atoms with E-state index in [1.54, 1.807) is 6.92 Å². The van der Waals surface area contributed by atoms with E-state index < -0.39 is 11.8 Å². The number of carbonyl (C=O) groups is 2. The topological polar surface area (TPSA) is 86.2 Å². The van der Waals surface area contributed by atoms with Crippen LogP contribution in [0.3, 0.4) is 0 Å². The zero-order valence-corrected chi connectivity index (χ0v) is 8.96. The molecule has 0 bridgehead atoms. The SMILES string of the molecule is C=C(C(N)=O)C(C)C.C=C(C)C(N)=O. The Morgan fingerprint density at radius 1 is 1.07 bits per heavy atom. The number of hydrogen-bond donors (Lipinski definition) is 2. The van der Waals surface area contributed by atoms with Gasteiger partial charge >= 0.3 is 0 Å². The molecule has 0 spiro atoms. The molecule has 14 heavy (non-hydrogen) atoms. The molecule has 0 saturated heterocycles. The van der Waals surface area contributed by atoms with E-state index in [1.807, 2.05) is 13.8 Å². The first-order valence-corrected chi connectivity index (χ1v) is 4.14. The molecule has 0 heterocycles. The first-order chi connectivity index (χ1) is 6.20. The number of nitrogens with two attached hydrogens (primary N) is 2. The van der Waals surface area contributed by atoms with Crippen LogP contribution in [0.5, 0.6) is 0 Å². The quantitative estimate of drug-likeness (QED) is 0.655. The molecule has 0 aliphatic heterocycles. The lowest BCUT2D eigenvalue weighted by molar-refractivity contribution is -0.115. The molecule has 4 heteroatoms. The van der Waals surface area contributed by atoms with Gasteiger partial charge in [0.15, 0.2) is 0 Å². The first-order valence-electron chi connectivity index (χ1n) is 4.14. The summed E-state index contributed by atoms with van der Waals surface area (Å²) in [5, 5.41) is 0. The van der Waals surface area contributed by atoms with Crippen LogP contribution >= 0.6 is 0 Å². The molecule has 2 amide bonds. The van der Waals surface area contributed by atoms with E-state index in [4.69, 9.17) is 11.5 Å². The smallest absolute Gasteiger partial charge is 0.244 e. The second-order valence-electron chi connectivity index (χ2n) is 3.19. The summed E-state index contributed by atoms with van der Waals surface area (Å²) in [6.45, 7) is 12.1. The van der Waals surface area contributed by atoms with Gasteiger partial charge in [0.25, 0.3) is 0 Å². The predicted molar refractivity (Wildman–Crippen MR) is 57.2 cm³/mol. The molecule has 4 N–H and O–H groups in total. The maximum atomic E-state index is 10.3. The van der Waals surface area contributed by atoms with Crippen molar-refractivity contribution in [3.05, 3.63) is 24.3 Å². The van der Waals surface area contributed by atoms with Crippen molar-refractivity contribution in [1.82, 2.24) is 0 Å². The second kappa shape index (κ2) is 6.88.